The van der Waals surface area contributed by atoms with Gasteiger partial charge >= 0.3 is 6.09 Å². The predicted molar refractivity (Wildman–Crippen MR) is 70.2 cm³/mol. The first-order valence-corrected chi connectivity index (χ1v) is 5.35. The highest BCUT2D eigenvalue weighted by Gasteiger charge is 2.21. The van der Waals surface area contributed by atoms with Crippen molar-refractivity contribution in [3.63, 3.8) is 0 Å². The molecule has 7 heteroatoms. The molecule has 1 heterocycles. The minimum atomic E-state index is -0.961. The summed E-state index contributed by atoms with van der Waals surface area (Å²) in [7, 11) is 3.72. The molecule has 1 aliphatic heterocycles. The van der Waals surface area contributed by atoms with Crippen LogP contribution < -0.4 is 11.1 Å². The highest BCUT2D eigenvalue weighted by Crippen LogP contribution is 2.18. The maximum Gasteiger partial charge on any atom is 0.404 e. The number of carbonyl (C=O) groups is 1. The van der Waals surface area contributed by atoms with Crippen LogP contribution in [0.2, 0.25) is 0 Å². The number of likely N-dealkylation sites (N-methyl/N-ethyl adjacent to an activating group) is 1. The Labute approximate surface area is 106 Å². The van der Waals surface area contributed by atoms with Gasteiger partial charge in [-0.05, 0) is 6.92 Å². The highest BCUT2D eigenvalue weighted by atomic mass is 16.4. The Morgan fingerprint density at radius 1 is 1.67 bits per heavy atom. The van der Waals surface area contributed by atoms with E-state index in [9.17, 15) is 9.90 Å². The number of aliphatic imine (C=N–C) groups is 1. The lowest BCUT2D eigenvalue weighted by molar-refractivity contribution is 0.195. The van der Waals surface area contributed by atoms with Crippen LogP contribution >= 0.6 is 0 Å². The molecule has 0 radical (unpaired) electrons. The molecule has 102 valence electrons. The Hall–Kier alpha value is -2.02. The van der Waals surface area contributed by atoms with E-state index in [1.54, 1.807) is 13.1 Å². The number of amides is 1. The summed E-state index contributed by atoms with van der Waals surface area (Å²) in [6, 6.07) is 0. The zero-order chi connectivity index (χ0) is 14.3. The molecule has 18 heavy (non-hydrogen) atoms. The zero-order valence-corrected chi connectivity index (χ0v) is 10.8. The smallest absolute Gasteiger partial charge is 0.404 e. The standard InChI is InChI=1S/C8H13N3O.C3H7NO2/c1-5-6(11(2)3)4-10-8(9)7(5)12;1-2-4-3(5)6/h4,7,12H,1H2,2-3H3,(H2,9,10);4H,2H2,1H3,(H,5,6). The first kappa shape index (κ1) is 16.0. The van der Waals surface area contributed by atoms with Gasteiger partial charge in [-0.3, -0.25) is 0 Å². The number of aliphatic hydroxyl groups is 1. The lowest BCUT2D eigenvalue weighted by atomic mass is 10.1. The summed E-state index contributed by atoms with van der Waals surface area (Å²) >= 11 is 0. The molecule has 0 aliphatic carbocycles. The van der Waals surface area contributed by atoms with Gasteiger partial charge in [0.2, 0.25) is 0 Å². The van der Waals surface area contributed by atoms with Crippen molar-refractivity contribution in [1.82, 2.24) is 10.2 Å². The SMILES string of the molecule is C=C1C(N(C)C)=CN=C(N)C1O.CCNC(=O)O. The van der Waals surface area contributed by atoms with E-state index in [1.807, 2.05) is 19.0 Å². The van der Waals surface area contributed by atoms with Gasteiger partial charge in [0.25, 0.3) is 0 Å². The lowest BCUT2D eigenvalue weighted by Gasteiger charge is -2.24. The van der Waals surface area contributed by atoms with E-state index in [0.29, 0.717) is 12.1 Å². The summed E-state index contributed by atoms with van der Waals surface area (Å²) in [6.45, 7) is 5.94. The molecule has 0 fully saturated rings. The molecule has 0 aromatic heterocycles. The minimum Gasteiger partial charge on any atom is -0.465 e. The van der Waals surface area contributed by atoms with Crippen molar-refractivity contribution >= 4 is 11.9 Å². The molecule has 1 atom stereocenters. The van der Waals surface area contributed by atoms with Gasteiger partial charge in [0.1, 0.15) is 11.9 Å². The number of aliphatic hydroxyl groups excluding tert-OH is 1. The van der Waals surface area contributed by atoms with E-state index in [0.717, 1.165) is 5.70 Å². The van der Waals surface area contributed by atoms with Crippen molar-refractivity contribution in [2.45, 2.75) is 13.0 Å². The molecule has 5 N–H and O–H groups in total. The van der Waals surface area contributed by atoms with Crippen molar-refractivity contribution in [3.05, 3.63) is 24.0 Å². The van der Waals surface area contributed by atoms with E-state index in [4.69, 9.17) is 10.8 Å². The normalized spacial score (nSPS) is 18.0. The number of nitrogens with zero attached hydrogens (tertiary/aromatic N) is 2. The van der Waals surface area contributed by atoms with Gasteiger partial charge in [0.15, 0.2) is 0 Å². The third-order valence-corrected chi connectivity index (χ3v) is 2.08. The summed E-state index contributed by atoms with van der Waals surface area (Å²) in [5.74, 6) is 0.200. The fraction of sp³-hybridized carbons (Fsp3) is 0.455. The zero-order valence-electron chi connectivity index (χ0n) is 10.8. The molecule has 1 unspecified atom stereocenters. The molecule has 7 nitrogen and oxygen atoms in total. The second-order valence-corrected chi connectivity index (χ2v) is 3.73. The number of nitrogens with one attached hydrogen (secondary N) is 1. The van der Waals surface area contributed by atoms with Gasteiger partial charge in [0, 0.05) is 26.2 Å². The van der Waals surface area contributed by atoms with E-state index in [1.165, 1.54) is 0 Å². The maximum atomic E-state index is 9.49. The van der Waals surface area contributed by atoms with Gasteiger partial charge in [-0.25, -0.2) is 9.79 Å². The number of carboxylic acid groups (broad SMARTS) is 1. The Kier molecular flexibility index (Phi) is 6.51. The van der Waals surface area contributed by atoms with Crippen molar-refractivity contribution < 1.29 is 15.0 Å². The van der Waals surface area contributed by atoms with Crippen molar-refractivity contribution in [1.29, 1.82) is 0 Å². The molecule has 1 rings (SSSR count). The Morgan fingerprint density at radius 3 is 2.56 bits per heavy atom. The molecule has 0 spiro atoms. The lowest BCUT2D eigenvalue weighted by Crippen LogP contribution is -2.35. The van der Waals surface area contributed by atoms with Crippen LogP contribution in [0, 0.1) is 0 Å². The van der Waals surface area contributed by atoms with Crippen LogP contribution in [0.5, 0.6) is 0 Å². The molecule has 0 saturated carbocycles. The van der Waals surface area contributed by atoms with E-state index < -0.39 is 12.2 Å². The minimum absolute atomic E-state index is 0.200. The topological polar surface area (TPSA) is 111 Å². The van der Waals surface area contributed by atoms with Crippen molar-refractivity contribution in [3.8, 4) is 0 Å². The average molecular weight is 256 g/mol. The van der Waals surface area contributed by atoms with E-state index in [-0.39, 0.29) is 5.84 Å². The fourth-order valence-corrected chi connectivity index (χ4v) is 1.16. The first-order valence-electron chi connectivity index (χ1n) is 5.35. The average Bonchev–Trinajstić information content (AvgIpc) is 2.26. The van der Waals surface area contributed by atoms with Crippen molar-refractivity contribution in [2.75, 3.05) is 20.6 Å². The molecular formula is C11H20N4O3. The highest BCUT2D eigenvalue weighted by molar-refractivity contribution is 5.90. The quantitative estimate of drug-likeness (QED) is 0.553. The number of rotatable bonds is 2. The van der Waals surface area contributed by atoms with Crippen LogP contribution in [-0.2, 0) is 0 Å². The maximum absolute atomic E-state index is 9.49. The molecule has 0 aromatic carbocycles. The third kappa shape index (κ3) is 4.88. The second-order valence-electron chi connectivity index (χ2n) is 3.73. The monoisotopic (exact) mass is 256 g/mol. The number of hydrogen-bond acceptors (Lipinski definition) is 5. The summed E-state index contributed by atoms with van der Waals surface area (Å²) < 4.78 is 0. The molecule has 1 amide bonds. The van der Waals surface area contributed by atoms with Crippen LogP contribution in [0.25, 0.3) is 0 Å². The van der Waals surface area contributed by atoms with Crippen LogP contribution in [0.15, 0.2) is 29.0 Å². The molecule has 0 saturated heterocycles. The second kappa shape index (κ2) is 7.33. The molecule has 0 bridgehead atoms. The predicted octanol–water partition coefficient (Wildman–Crippen LogP) is -0.0488. The Balaban J connectivity index is 0.000000411. The Morgan fingerprint density at radius 2 is 2.22 bits per heavy atom. The Bertz CT molecular complexity index is 374. The van der Waals surface area contributed by atoms with Gasteiger partial charge in [-0.1, -0.05) is 6.58 Å². The van der Waals surface area contributed by atoms with Crippen LogP contribution in [0.3, 0.4) is 0 Å². The van der Waals surface area contributed by atoms with Gasteiger partial charge < -0.3 is 26.2 Å². The summed E-state index contributed by atoms with van der Waals surface area (Å²) in [5.41, 5.74) is 6.80. The first-order chi connectivity index (χ1) is 8.31. The van der Waals surface area contributed by atoms with Crippen molar-refractivity contribution in [2.24, 2.45) is 10.7 Å². The number of hydrogen-bond donors (Lipinski definition) is 4. The molecular weight excluding hydrogens is 236 g/mol. The molecule has 0 aromatic rings. The van der Waals surface area contributed by atoms with Gasteiger partial charge in [0.05, 0.1) is 11.9 Å². The molecule has 1 aliphatic rings. The van der Waals surface area contributed by atoms with Crippen LogP contribution in [0.1, 0.15) is 6.92 Å². The largest absolute Gasteiger partial charge is 0.465 e. The van der Waals surface area contributed by atoms with Gasteiger partial charge in [-0.2, -0.15) is 0 Å². The third-order valence-electron chi connectivity index (χ3n) is 2.08. The van der Waals surface area contributed by atoms with Crippen LogP contribution in [-0.4, -0.2) is 53.8 Å². The number of nitrogens with two attached hydrogens (primary N) is 1. The van der Waals surface area contributed by atoms with Gasteiger partial charge in [-0.15, -0.1) is 0 Å². The van der Waals surface area contributed by atoms with Crippen LogP contribution in [0.4, 0.5) is 4.79 Å². The summed E-state index contributed by atoms with van der Waals surface area (Å²) in [6.07, 6.45) is -0.199. The van der Waals surface area contributed by atoms with E-state index in [2.05, 4.69) is 16.9 Å². The summed E-state index contributed by atoms with van der Waals surface area (Å²) in [5, 5.41) is 19.4. The fourth-order valence-electron chi connectivity index (χ4n) is 1.16. The summed E-state index contributed by atoms with van der Waals surface area (Å²) in [4.78, 5) is 15.2. The van der Waals surface area contributed by atoms with E-state index >= 15 is 0 Å². The number of amidine groups is 1.